The Morgan fingerprint density at radius 2 is 2.50 bits per heavy atom. The summed E-state index contributed by atoms with van der Waals surface area (Å²) in [6.45, 7) is 1.50. The van der Waals surface area contributed by atoms with Crippen LogP contribution in [0.1, 0.15) is 24.9 Å². The Morgan fingerprint density at radius 1 is 1.71 bits per heavy atom. The first-order chi connectivity index (χ1) is 6.74. The van der Waals surface area contributed by atoms with E-state index in [-0.39, 0.29) is 18.6 Å². The van der Waals surface area contributed by atoms with Crippen molar-refractivity contribution < 1.29 is 9.90 Å². The number of aliphatic hydroxyl groups excluding tert-OH is 1. The van der Waals surface area contributed by atoms with Crippen molar-refractivity contribution in [3.63, 3.8) is 0 Å². The normalized spacial score (nSPS) is 12.1. The molecule has 0 unspecified atom stereocenters. The number of aromatic nitrogens is 1. The summed E-state index contributed by atoms with van der Waals surface area (Å²) in [6.07, 6.45) is 3.87. The zero-order chi connectivity index (χ0) is 10.4. The number of hydrogen-bond acceptors (Lipinski definition) is 3. The topological polar surface area (TPSA) is 62.2 Å². The summed E-state index contributed by atoms with van der Waals surface area (Å²) < 4.78 is 0. The fourth-order valence-corrected chi connectivity index (χ4v) is 1.28. The molecule has 0 saturated heterocycles. The van der Waals surface area contributed by atoms with Gasteiger partial charge in [0.25, 0.3) is 0 Å². The lowest BCUT2D eigenvalue weighted by atomic mass is 10.1. The van der Waals surface area contributed by atoms with Gasteiger partial charge in [-0.25, -0.2) is 0 Å². The number of nitrogens with one attached hydrogen (secondary N) is 1. The van der Waals surface area contributed by atoms with Crippen LogP contribution < -0.4 is 5.32 Å². The molecule has 76 valence electrons. The van der Waals surface area contributed by atoms with Crippen molar-refractivity contribution in [2.24, 2.45) is 0 Å². The number of hydrogen-bond donors (Lipinski definition) is 2. The first-order valence-electron chi connectivity index (χ1n) is 4.52. The highest BCUT2D eigenvalue weighted by molar-refractivity contribution is 5.73. The minimum absolute atomic E-state index is 0.0415. The minimum atomic E-state index is -0.147. The van der Waals surface area contributed by atoms with Crippen molar-refractivity contribution in [3.05, 3.63) is 30.1 Å². The fraction of sp³-hybridized carbons (Fsp3) is 0.400. The van der Waals surface area contributed by atoms with Crippen LogP contribution in [0.5, 0.6) is 0 Å². The van der Waals surface area contributed by atoms with Crippen LogP contribution in [0.4, 0.5) is 0 Å². The highest BCUT2D eigenvalue weighted by Gasteiger charge is 2.11. The summed E-state index contributed by atoms with van der Waals surface area (Å²) in [5, 5.41) is 11.6. The van der Waals surface area contributed by atoms with Gasteiger partial charge in [0.15, 0.2) is 0 Å². The van der Waals surface area contributed by atoms with Crippen LogP contribution in [0.3, 0.4) is 0 Å². The molecular weight excluding hydrogens is 180 g/mol. The second kappa shape index (κ2) is 5.34. The van der Waals surface area contributed by atoms with Gasteiger partial charge in [-0.15, -0.1) is 0 Å². The Balaban J connectivity index is 2.72. The van der Waals surface area contributed by atoms with E-state index in [1.165, 1.54) is 6.92 Å². The van der Waals surface area contributed by atoms with Crippen molar-refractivity contribution in [3.8, 4) is 0 Å². The largest absolute Gasteiger partial charge is 0.396 e. The maximum Gasteiger partial charge on any atom is 0.217 e. The number of rotatable bonds is 4. The lowest BCUT2D eigenvalue weighted by Crippen LogP contribution is -2.26. The Hall–Kier alpha value is -1.42. The van der Waals surface area contributed by atoms with Crippen LogP contribution in [0.2, 0.25) is 0 Å². The summed E-state index contributed by atoms with van der Waals surface area (Å²) in [6, 6.07) is 3.54. The minimum Gasteiger partial charge on any atom is -0.396 e. The third-order valence-corrected chi connectivity index (χ3v) is 1.88. The van der Waals surface area contributed by atoms with E-state index in [9.17, 15) is 4.79 Å². The smallest absolute Gasteiger partial charge is 0.217 e. The number of carbonyl (C=O) groups is 1. The zero-order valence-electron chi connectivity index (χ0n) is 8.10. The number of carbonyl (C=O) groups excluding carboxylic acids is 1. The molecule has 1 atom stereocenters. The highest BCUT2D eigenvalue weighted by Crippen LogP contribution is 2.14. The Morgan fingerprint density at radius 3 is 3.00 bits per heavy atom. The van der Waals surface area contributed by atoms with Gasteiger partial charge in [0.1, 0.15) is 0 Å². The maximum absolute atomic E-state index is 10.9. The van der Waals surface area contributed by atoms with Crippen LogP contribution in [0.15, 0.2) is 24.5 Å². The van der Waals surface area contributed by atoms with E-state index >= 15 is 0 Å². The number of amides is 1. The fourth-order valence-electron chi connectivity index (χ4n) is 1.28. The Kier molecular flexibility index (Phi) is 4.07. The third kappa shape index (κ3) is 3.14. The van der Waals surface area contributed by atoms with Crippen molar-refractivity contribution >= 4 is 5.91 Å². The molecule has 0 aliphatic heterocycles. The molecule has 1 aromatic heterocycles. The monoisotopic (exact) mass is 194 g/mol. The first kappa shape index (κ1) is 10.7. The molecule has 2 N–H and O–H groups in total. The van der Waals surface area contributed by atoms with E-state index in [1.807, 2.05) is 12.1 Å². The van der Waals surface area contributed by atoms with E-state index in [1.54, 1.807) is 12.4 Å². The van der Waals surface area contributed by atoms with Gasteiger partial charge in [0, 0.05) is 25.9 Å². The van der Waals surface area contributed by atoms with Gasteiger partial charge in [-0.1, -0.05) is 6.07 Å². The summed E-state index contributed by atoms with van der Waals surface area (Å²) in [5.41, 5.74) is 0.914. The molecule has 1 rings (SSSR count). The number of nitrogens with zero attached hydrogens (tertiary/aromatic N) is 1. The van der Waals surface area contributed by atoms with Crippen LogP contribution in [-0.4, -0.2) is 22.6 Å². The van der Waals surface area contributed by atoms with Gasteiger partial charge in [-0.2, -0.15) is 0 Å². The van der Waals surface area contributed by atoms with Gasteiger partial charge < -0.3 is 10.4 Å². The lowest BCUT2D eigenvalue weighted by molar-refractivity contribution is -0.119. The average molecular weight is 194 g/mol. The molecule has 4 nitrogen and oxygen atoms in total. The van der Waals surface area contributed by atoms with E-state index in [4.69, 9.17) is 5.11 Å². The van der Waals surface area contributed by atoms with E-state index in [2.05, 4.69) is 10.3 Å². The Labute approximate surface area is 83.0 Å². The van der Waals surface area contributed by atoms with Gasteiger partial charge in [-0.05, 0) is 18.1 Å². The van der Waals surface area contributed by atoms with Crippen LogP contribution in [0.25, 0.3) is 0 Å². The van der Waals surface area contributed by atoms with Crippen LogP contribution in [0, 0.1) is 0 Å². The van der Waals surface area contributed by atoms with Gasteiger partial charge in [-0.3, -0.25) is 9.78 Å². The molecule has 0 saturated carbocycles. The zero-order valence-corrected chi connectivity index (χ0v) is 8.10. The quantitative estimate of drug-likeness (QED) is 0.739. The van der Waals surface area contributed by atoms with E-state index in [0.717, 1.165) is 5.56 Å². The van der Waals surface area contributed by atoms with Gasteiger partial charge >= 0.3 is 0 Å². The molecule has 0 radical (unpaired) electrons. The van der Waals surface area contributed by atoms with Crippen molar-refractivity contribution in [2.75, 3.05) is 6.61 Å². The van der Waals surface area contributed by atoms with E-state index < -0.39 is 0 Å². The standard InChI is InChI=1S/C10H14N2O2/c1-8(14)12-10(4-6-13)9-3-2-5-11-7-9/h2-3,5,7,10,13H,4,6H2,1H3,(H,12,14)/t10-/m1/s1. The molecule has 14 heavy (non-hydrogen) atoms. The molecule has 1 aromatic rings. The second-order valence-corrected chi connectivity index (χ2v) is 3.05. The molecular formula is C10H14N2O2. The summed E-state index contributed by atoms with van der Waals surface area (Å²) in [5.74, 6) is -0.104. The molecule has 0 spiro atoms. The molecule has 1 amide bonds. The van der Waals surface area contributed by atoms with E-state index in [0.29, 0.717) is 6.42 Å². The van der Waals surface area contributed by atoms with Gasteiger partial charge in [0.05, 0.1) is 6.04 Å². The molecule has 0 fully saturated rings. The predicted octanol–water partition coefficient (Wildman–Crippen LogP) is 0.641. The van der Waals surface area contributed by atoms with Crippen molar-refractivity contribution in [1.29, 1.82) is 0 Å². The average Bonchev–Trinajstić information content (AvgIpc) is 2.18. The van der Waals surface area contributed by atoms with Crippen LogP contribution >= 0.6 is 0 Å². The lowest BCUT2D eigenvalue weighted by Gasteiger charge is -2.16. The SMILES string of the molecule is CC(=O)N[C@H](CCO)c1cccnc1. The Bertz CT molecular complexity index is 287. The molecule has 0 bridgehead atoms. The van der Waals surface area contributed by atoms with Gasteiger partial charge in [0.2, 0.25) is 5.91 Å². The highest BCUT2D eigenvalue weighted by atomic mass is 16.3. The van der Waals surface area contributed by atoms with Crippen molar-refractivity contribution in [1.82, 2.24) is 10.3 Å². The number of aliphatic hydroxyl groups is 1. The van der Waals surface area contributed by atoms with Crippen molar-refractivity contribution in [2.45, 2.75) is 19.4 Å². The molecule has 0 aliphatic rings. The summed E-state index contributed by atoms with van der Waals surface area (Å²) in [7, 11) is 0. The summed E-state index contributed by atoms with van der Waals surface area (Å²) >= 11 is 0. The predicted molar refractivity (Wildman–Crippen MR) is 52.5 cm³/mol. The second-order valence-electron chi connectivity index (χ2n) is 3.05. The molecule has 0 aromatic carbocycles. The third-order valence-electron chi connectivity index (χ3n) is 1.88. The molecule has 4 heteroatoms. The molecule has 1 heterocycles. The number of pyridine rings is 1. The van der Waals surface area contributed by atoms with Crippen LogP contribution in [-0.2, 0) is 4.79 Å². The summed E-state index contributed by atoms with van der Waals surface area (Å²) in [4.78, 5) is 14.9. The maximum atomic E-state index is 10.9. The molecule has 0 aliphatic carbocycles. The first-order valence-corrected chi connectivity index (χ1v) is 4.52.